The zero-order valence-corrected chi connectivity index (χ0v) is 21.4. The molecule has 0 atom stereocenters. The minimum Gasteiger partial charge on any atom is -0.491 e. The minimum atomic E-state index is -4.74. The average Bonchev–Trinajstić information content (AvgIpc) is 2.89. The van der Waals surface area contributed by atoms with Gasteiger partial charge in [0.25, 0.3) is 11.1 Å². The van der Waals surface area contributed by atoms with Crippen molar-refractivity contribution in [2.24, 2.45) is 0 Å². The molecule has 39 heavy (non-hydrogen) atoms. The Hall–Kier alpha value is -4.49. The van der Waals surface area contributed by atoms with Gasteiger partial charge in [-0.05, 0) is 30.0 Å². The van der Waals surface area contributed by atoms with Gasteiger partial charge in [0.15, 0.2) is 17.4 Å². The number of rotatable bonds is 7. The van der Waals surface area contributed by atoms with Crippen LogP contribution in [0.2, 0.25) is 0 Å². The van der Waals surface area contributed by atoms with Crippen LogP contribution in [0.3, 0.4) is 0 Å². The van der Waals surface area contributed by atoms with E-state index >= 15 is 0 Å². The maximum atomic E-state index is 14.8. The third-order valence-electron chi connectivity index (χ3n) is 5.69. The van der Waals surface area contributed by atoms with E-state index < -0.39 is 28.8 Å². The van der Waals surface area contributed by atoms with Crippen molar-refractivity contribution >= 4 is 22.3 Å². The van der Waals surface area contributed by atoms with Crippen LogP contribution in [0.25, 0.3) is 22.2 Å². The Kier molecular flexibility index (Phi) is 9.22. The summed E-state index contributed by atoms with van der Waals surface area (Å²) in [5, 5.41) is 8.66. The number of hydrogen-bond acceptors (Lipinski definition) is 8. The number of nitrogens with zero attached hydrogens (tertiary/aromatic N) is 4. The summed E-state index contributed by atoms with van der Waals surface area (Å²) in [6.07, 6.45) is 2.32. The van der Waals surface area contributed by atoms with Gasteiger partial charge in [0, 0.05) is 19.8 Å². The number of pyridine rings is 1. The normalized spacial score (nSPS) is 11.2. The number of ether oxygens (including phenoxy) is 1. The molecule has 0 spiro atoms. The van der Waals surface area contributed by atoms with E-state index in [1.807, 2.05) is 6.07 Å². The highest BCUT2D eigenvalue weighted by Crippen LogP contribution is 2.30. The van der Waals surface area contributed by atoms with E-state index in [9.17, 15) is 27.2 Å². The summed E-state index contributed by atoms with van der Waals surface area (Å²) in [7, 11) is 3.22. The number of alkyl halides is 3. The largest absolute Gasteiger partial charge is 0.491 e. The smallest absolute Gasteiger partial charge is 0.423 e. The van der Waals surface area contributed by atoms with Gasteiger partial charge in [-0.1, -0.05) is 19.8 Å². The zero-order valence-electron chi connectivity index (χ0n) is 21.4. The third-order valence-corrected chi connectivity index (χ3v) is 5.69. The molecular formula is C25H27F4N7O3. The summed E-state index contributed by atoms with van der Waals surface area (Å²) in [6, 6.07) is 4.72. The molecule has 0 aliphatic carbocycles. The number of nitrogens with two attached hydrogens (primary N) is 1. The second kappa shape index (κ2) is 12.4. The van der Waals surface area contributed by atoms with Crippen LogP contribution < -0.4 is 26.9 Å². The summed E-state index contributed by atoms with van der Waals surface area (Å²) in [6.45, 7) is 2.75. The Morgan fingerprint density at radius 2 is 1.92 bits per heavy atom. The first kappa shape index (κ1) is 29.1. The quantitative estimate of drug-likeness (QED) is 0.230. The number of nitrogens with one attached hydrogen (secondary N) is 2. The predicted molar refractivity (Wildman–Crippen MR) is 139 cm³/mol. The van der Waals surface area contributed by atoms with Crippen molar-refractivity contribution < 1.29 is 22.3 Å². The molecular weight excluding hydrogens is 522 g/mol. The molecule has 0 unspecified atom stereocenters. The molecule has 3 aromatic heterocycles. The van der Waals surface area contributed by atoms with Gasteiger partial charge < -0.3 is 20.4 Å². The lowest BCUT2D eigenvalue weighted by molar-refractivity contribution is -0.138. The van der Waals surface area contributed by atoms with Gasteiger partial charge in [0.2, 0.25) is 0 Å². The van der Waals surface area contributed by atoms with Gasteiger partial charge >= 0.3 is 6.18 Å². The topological polar surface area (TPSA) is 141 Å². The van der Waals surface area contributed by atoms with Gasteiger partial charge in [0.05, 0.1) is 36.1 Å². The Balaban J connectivity index is 0.000000293. The molecule has 4 N–H and O–H groups in total. The monoisotopic (exact) mass is 549 g/mol. The highest BCUT2D eigenvalue weighted by atomic mass is 19.4. The summed E-state index contributed by atoms with van der Waals surface area (Å²) < 4.78 is 57.5. The molecule has 208 valence electrons. The van der Waals surface area contributed by atoms with Crippen molar-refractivity contribution in [2.75, 3.05) is 25.2 Å². The average molecular weight is 550 g/mol. The number of hydrogen-bond donors (Lipinski definition) is 3. The molecule has 0 fully saturated rings. The number of aryl methyl sites for hydroxylation is 1. The van der Waals surface area contributed by atoms with E-state index in [1.165, 1.54) is 19.4 Å². The lowest BCUT2D eigenvalue weighted by Crippen LogP contribution is -2.24. The molecule has 0 amide bonds. The lowest BCUT2D eigenvalue weighted by Gasteiger charge is -2.11. The van der Waals surface area contributed by atoms with E-state index in [0.29, 0.717) is 28.9 Å². The number of benzene rings is 1. The van der Waals surface area contributed by atoms with E-state index in [0.717, 1.165) is 25.5 Å². The molecule has 0 radical (unpaired) electrons. The number of methoxy groups -OCH3 is 1. The van der Waals surface area contributed by atoms with Gasteiger partial charge in [0.1, 0.15) is 11.4 Å². The number of aromatic nitrogens is 5. The molecule has 4 aromatic rings. The van der Waals surface area contributed by atoms with E-state index in [4.69, 9.17) is 10.5 Å². The van der Waals surface area contributed by atoms with E-state index in [-0.39, 0.29) is 16.9 Å². The lowest BCUT2D eigenvalue weighted by atomic mass is 10.1. The van der Waals surface area contributed by atoms with Crippen LogP contribution in [0.4, 0.5) is 29.1 Å². The third kappa shape index (κ3) is 6.69. The standard InChI is InChI=1S/C20H23FN4O2.C5H4F3N3O/c1-4-5-6-8-25-9-7-13-10-15(16(21)11-14(13)20(25)26)18-23-12-17(27-3)19(22-2)24-18;6-5(7,8)3-2(9)1-10-11-4(3)12/h7,9-12H,4-6,8H2,1-3H3,(H,22,23,24);1H,(H3,9,11,12). The van der Waals surface area contributed by atoms with Crippen molar-refractivity contribution in [3.63, 3.8) is 0 Å². The van der Waals surface area contributed by atoms with Gasteiger partial charge in [-0.15, -0.1) is 0 Å². The van der Waals surface area contributed by atoms with Crippen molar-refractivity contribution in [3.8, 4) is 17.1 Å². The fourth-order valence-corrected chi connectivity index (χ4v) is 3.72. The molecule has 3 heterocycles. The second-order valence-corrected chi connectivity index (χ2v) is 8.33. The van der Waals surface area contributed by atoms with Gasteiger partial charge in [-0.3, -0.25) is 9.59 Å². The van der Waals surface area contributed by atoms with Crippen molar-refractivity contribution in [3.05, 3.63) is 68.9 Å². The first-order valence-electron chi connectivity index (χ1n) is 11.8. The highest BCUT2D eigenvalue weighted by Gasteiger charge is 2.36. The summed E-state index contributed by atoms with van der Waals surface area (Å²) >= 11 is 0. The SMILES string of the molecule is CCCCCn1ccc2cc(-c3ncc(OC)c(NC)n3)c(F)cc2c1=O.Nc1cn[nH]c(=O)c1C(F)(F)F. The molecule has 0 aliphatic heterocycles. The highest BCUT2D eigenvalue weighted by molar-refractivity contribution is 5.86. The Labute approximate surface area is 219 Å². The van der Waals surface area contributed by atoms with Crippen molar-refractivity contribution in [1.82, 2.24) is 24.7 Å². The van der Waals surface area contributed by atoms with Crippen LogP contribution in [0.5, 0.6) is 5.75 Å². The fourth-order valence-electron chi connectivity index (χ4n) is 3.72. The molecule has 0 saturated carbocycles. The number of fused-ring (bicyclic) bond motifs is 1. The second-order valence-electron chi connectivity index (χ2n) is 8.33. The molecule has 0 aliphatic rings. The number of halogens is 4. The molecule has 0 bridgehead atoms. The van der Waals surface area contributed by atoms with Crippen molar-refractivity contribution in [1.29, 1.82) is 0 Å². The Morgan fingerprint density at radius 3 is 2.51 bits per heavy atom. The number of unbranched alkanes of at least 4 members (excludes halogenated alkanes) is 2. The summed E-state index contributed by atoms with van der Waals surface area (Å²) in [5.74, 6) is 0.635. The van der Waals surface area contributed by atoms with Gasteiger partial charge in [-0.25, -0.2) is 19.5 Å². The first-order chi connectivity index (χ1) is 18.5. The van der Waals surface area contributed by atoms with Crippen LogP contribution in [-0.4, -0.2) is 38.9 Å². The predicted octanol–water partition coefficient (Wildman–Crippen LogP) is 4.21. The number of aromatic amines is 1. The number of anilines is 2. The van der Waals surface area contributed by atoms with Crippen LogP contribution in [-0.2, 0) is 12.7 Å². The molecule has 0 saturated heterocycles. The van der Waals surface area contributed by atoms with Crippen LogP contribution in [0, 0.1) is 5.82 Å². The maximum absolute atomic E-state index is 14.8. The van der Waals surface area contributed by atoms with E-state index in [2.05, 4.69) is 27.3 Å². The van der Waals surface area contributed by atoms with Crippen molar-refractivity contribution in [2.45, 2.75) is 38.9 Å². The molecule has 1 aromatic carbocycles. The van der Waals surface area contributed by atoms with Crippen LogP contribution >= 0.6 is 0 Å². The summed E-state index contributed by atoms with van der Waals surface area (Å²) in [5.41, 5.74) is 1.55. The van der Waals surface area contributed by atoms with Crippen LogP contribution in [0.1, 0.15) is 31.7 Å². The zero-order chi connectivity index (χ0) is 28.7. The molecule has 14 heteroatoms. The van der Waals surface area contributed by atoms with E-state index in [1.54, 1.807) is 29.0 Å². The Bertz CT molecular complexity index is 1570. The number of H-pyrrole nitrogens is 1. The fraction of sp³-hybridized carbons (Fsp3) is 0.320. The molecule has 4 rings (SSSR count). The number of nitrogen functional groups attached to an aromatic ring is 1. The van der Waals surface area contributed by atoms with Gasteiger partial charge in [-0.2, -0.15) is 18.3 Å². The minimum absolute atomic E-state index is 0.180. The van der Waals surface area contributed by atoms with Crippen LogP contribution in [0.15, 0.2) is 46.4 Å². The first-order valence-corrected chi connectivity index (χ1v) is 11.8. The Morgan fingerprint density at radius 1 is 1.18 bits per heavy atom. The summed E-state index contributed by atoms with van der Waals surface area (Å²) in [4.78, 5) is 31.7. The maximum Gasteiger partial charge on any atom is 0.423 e. The molecule has 10 nitrogen and oxygen atoms in total.